The van der Waals surface area contributed by atoms with Crippen LogP contribution in [0.5, 0.6) is 0 Å². The van der Waals surface area contributed by atoms with Gasteiger partial charge in [0.2, 0.25) is 5.91 Å². The van der Waals surface area contributed by atoms with E-state index < -0.39 is 209 Å². The molecular formula is C40H67NO28. The zero-order valence-corrected chi connectivity index (χ0v) is 38.2. The largest absolute Gasteiger partial charge is 0.454 e. The summed E-state index contributed by atoms with van der Waals surface area (Å²) in [5.74, 6) is -1.84. The lowest BCUT2D eigenvalue weighted by atomic mass is 9.94. The Balaban J connectivity index is 1.37. The highest BCUT2D eigenvalue weighted by atomic mass is 16.8. The Labute approximate surface area is 393 Å². The zero-order valence-electron chi connectivity index (χ0n) is 38.2. The van der Waals surface area contributed by atoms with Crippen molar-refractivity contribution in [3.8, 4) is 0 Å². The molecule has 6 rings (SSSR count). The van der Waals surface area contributed by atoms with Gasteiger partial charge in [-0.25, -0.2) is 0 Å². The Bertz CT molecular complexity index is 1670. The number of aliphatic hydroxyl groups excluding tert-OH is 14. The van der Waals surface area contributed by atoms with Crippen LogP contribution >= 0.6 is 0 Å². The van der Waals surface area contributed by atoms with Gasteiger partial charge in [-0.1, -0.05) is 0 Å². The van der Waals surface area contributed by atoms with E-state index in [0.717, 1.165) is 13.8 Å². The average molecular weight is 1010 g/mol. The van der Waals surface area contributed by atoms with Crippen molar-refractivity contribution in [3.63, 3.8) is 0 Å². The van der Waals surface area contributed by atoms with Crippen LogP contribution in [0, 0.1) is 0 Å². The lowest BCUT2D eigenvalue weighted by Crippen LogP contribution is -2.70. The number of nitrogens with one attached hydrogen (secondary N) is 1. The highest BCUT2D eigenvalue weighted by Crippen LogP contribution is 2.38. The minimum absolute atomic E-state index is 0.839. The molecule has 0 spiro atoms. The summed E-state index contributed by atoms with van der Waals surface area (Å²) in [4.78, 5) is 25.6. The molecule has 6 aliphatic heterocycles. The van der Waals surface area contributed by atoms with Gasteiger partial charge in [-0.05, 0) is 27.7 Å². The molecule has 400 valence electrons. The molecule has 15 N–H and O–H groups in total. The fourth-order valence-corrected chi connectivity index (χ4v) is 8.94. The number of aliphatic hydroxyl groups is 14. The zero-order chi connectivity index (χ0) is 51.1. The smallest absolute Gasteiger partial charge is 0.303 e. The molecule has 30 atom stereocenters. The molecule has 0 radical (unpaired) electrons. The lowest BCUT2D eigenvalue weighted by Gasteiger charge is -2.51. The second-order valence-corrected chi connectivity index (χ2v) is 18.0. The summed E-state index contributed by atoms with van der Waals surface area (Å²) in [6.07, 6.45) is -50.8. The van der Waals surface area contributed by atoms with Crippen molar-refractivity contribution in [1.82, 2.24) is 5.32 Å². The van der Waals surface area contributed by atoms with E-state index in [-0.39, 0.29) is 0 Å². The molecule has 6 saturated heterocycles. The van der Waals surface area contributed by atoms with Crippen LogP contribution in [0.4, 0.5) is 0 Å². The number of ether oxygens (including phenoxy) is 12. The van der Waals surface area contributed by atoms with Gasteiger partial charge in [0, 0.05) is 13.8 Å². The van der Waals surface area contributed by atoms with Gasteiger partial charge in [0.05, 0.1) is 37.6 Å². The Morgan fingerprint density at radius 3 is 1.36 bits per heavy atom. The SMILES string of the molecule is CC(=O)NC1[C@H](OC2[C@H](OC3[C@H](O)OC(C)[C@H](O)[C@H]3O)OC(C)[C@H](O)[C@H]2O[C@H]2O[C@H](CO)[C@@H](O)C(O)C2O)OC(CO)[C@H](O)[C@@H]1O[C@@H]1OC(C)[C@H](O)[C@@H](O[C@@H]2OC(C)[C@H](O)[C@@H](O)C2O)C1OC(C)=O. The van der Waals surface area contributed by atoms with E-state index in [1.165, 1.54) is 27.7 Å². The Hall–Kier alpha value is -2.06. The molecule has 0 aliphatic carbocycles. The number of carbonyl (C=O) groups excluding carboxylic acids is 2. The van der Waals surface area contributed by atoms with Gasteiger partial charge >= 0.3 is 5.97 Å². The molecule has 69 heavy (non-hydrogen) atoms. The quantitative estimate of drug-likeness (QED) is 0.0719. The first kappa shape index (κ1) is 56.2. The van der Waals surface area contributed by atoms with Crippen molar-refractivity contribution in [2.24, 2.45) is 0 Å². The van der Waals surface area contributed by atoms with Gasteiger partial charge in [-0.2, -0.15) is 0 Å². The summed E-state index contributed by atoms with van der Waals surface area (Å²) < 4.78 is 70.4. The van der Waals surface area contributed by atoms with Crippen molar-refractivity contribution in [3.05, 3.63) is 0 Å². The topological polar surface area (TPSA) is 440 Å². The van der Waals surface area contributed by atoms with E-state index in [2.05, 4.69) is 5.32 Å². The predicted molar refractivity (Wildman–Crippen MR) is 215 cm³/mol. The first-order chi connectivity index (χ1) is 32.4. The van der Waals surface area contributed by atoms with E-state index in [1.54, 1.807) is 0 Å². The maximum atomic E-state index is 13.0. The first-order valence-electron chi connectivity index (χ1n) is 22.4. The molecule has 6 fully saturated rings. The number of hydrogen-bond donors (Lipinski definition) is 15. The number of hydrogen-bond acceptors (Lipinski definition) is 28. The fourth-order valence-electron chi connectivity index (χ4n) is 8.94. The van der Waals surface area contributed by atoms with Crippen molar-refractivity contribution in [2.45, 2.75) is 226 Å². The summed E-state index contributed by atoms with van der Waals surface area (Å²) in [5, 5.41) is 154. The maximum Gasteiger partial charge on any atom is 0.303 e. The molecule has 1 amide bonds. The summed E-state index contributed by atoms with van der Waals surface area (Å²) in [5.41, 5.74) is 0. The molecule has 29 nitrogen and oxygen atoms in total. The molecule has 0 aromatic heterocycles. The standard InChI is InChI=1S/C40H67NO28/c1-9-19(47)26(54)32(35(57)58-9)68-40-34(31(21(49)12(4)61-40)67-38-28(56)25(53)22(50)15(7-42)64-38)69-36-17(41-13(5)44)29(23(51)16(8-43)63-36)65-39-33(62-14(6)45)30(20(48)11(3)60-39)66-37-27(55)24(52)18(46)10(2)59-37/h9-12,15-40,42-43,46-57H,7-8H2,1-6H3,(H,41,44)/t9?,10?,11?,12?,15-,16?,17?,18+,19+,20+,21+,22-,23+,24-,25?,26-,27?,28?,29-,30-,31-,32?,33?,34?,35-,36+,37+,38-,39+,40+/m1/s1. The maximum absolute atomic E-state index is 13.0. The molecular weight excluding hydrogens is 942 g/mol. The number of amides is 1. The Morgan fingerprint density at radius 1 is 0.406 bits per heavy atom. The van der Waals surface area contributed by atoms with Gasteiger partial charge in [0.15, 0.2) is 43.8 Å². The number of carbonyl (C=O) groups is 2. The highest BCUT2D eigenvalue weighted by molar-refractivity contribution is 5.73. The van der Waals surface area contributed by atoms with Gasteiger partial charge in [0.25, 0.3) is 0 Å². The summed E-state index contributed by atoms with van der Waals surface area (Å²) in [7, 11) is 0. The predicted octanol–water partition coefficient (Wildman–Crippen LogP) is -9.28. The van der Waals surface area contributed by atoms with Crippen LogP contribution in [0.2, 0.25) is 0 Å². The Kier molecular flexibility index (Phi) is 19.1. The molecule has 6 heterocycles. The van der Waals surface area contributed by atoms with Gasteiger partial charge in [0.1, 0.15) is 116 Å². The summed E-state index contributed by atoms with van der Waals surface area (Å²) >= 11 is 0. The van der Waals surface area contributed by atoms with Crippen LogP contribution in [0.3, 0.4) is 0 Å². The van der Waals surface area contributed by atoms with Crippen LogP contribution in [0.15, 0.2) is 0 Å². The molecule has 12 unspecified atom stereocenters. The van der Waals surface area contributed by atoms with Gasteiger partial charge in [-0.15, -0.1) is 0 Å². The van der Waals surface area contributed by atoms with Crippen LogP contribution in [0.25, 0.3) is 0 Å². The van der Waals surface area contributed by atoms with Crippen LogP contribution < -0.4 is 5.32 Å². The monoisotopic (exact) mass is 1010 g/mol. The van der Waals surface area contributed by atoms with Crippen LogP contribution in [0.1, 0.15) is 41.5 Å². The third-order valence-electron chi connectivity index (χ3n) is 13.0. The lowest BCUT2D eigenvalue weighted by molar-refractivity contribution is -0.404. The van der Waals surface area contributed by atoms with E-state index in [9.17, 15) is 81.1 Å². The minimum Gasteiger partial charge on any atom is -0.454 e. The van der Waals surface area contributed by atoms with Crippen LogP contribution in [-0.2, 0) is 66.4 Å². The fraction of sp³-hybridized carbons (Fsp3) is 0.950. The van der Waals surface area contributed by atoms with Crippen molar-refractivity contribution >= 4 is 11.9 Å². The summed E-state index contributed by atoms with van der Waals surface area (Å²) in [6.45, 7) is 5.48. The molecule has 0 bridgehead atoms. The second kappa shape index (κ2) is 23.4. The minimum atomic E-state index is -2.06. The normalized spacial score (nSPS) is 51.9. The summed E-state index contributed by atoms with van der Waals surface area (Å²) in [6, 6.07) is -1.77. The Morgan fingerprint density at radius 2 is 0.812 bits per heavy atom. The van der Waals surface area contributed by atoms with Crippen molar-refractivity contribution in [2.75, 3.05) is 13.2 Å². The third kappa shape index (κ3) is 12.0. The molecule has 0 aromatic rings. The van der Waals surface area contributed by atoms with E-state index in [1.807, 2.05) is 0 Å². The van der Waals surface area contributed by atoms with Crippen molar-refractivity contribution in [1.29, 1.82) is 0 Å². The number of esters is 1. The molecule has 0 saturated carbocycles. The molecule has 6 aliphatic rings. The number of rotatable bonds is 14. The first-order valence-corrected chi connectivity index (χ1v) is 22.4. The third-order valence-corrected chi connectivity index (χ3v) is 13.0. The van der Waals surface area contributed by atoms with Gasteiger partial charge in [-0.3, -0.25) is 9.59 Å². The van der Waals surface area contributed by atoms with E-state index in [4.69, 9.17) is 56.8 Å². The van der Waals surface area contributed by atoms with Crippen LogP contribution in [-0.4, -0.2) is 281 Å². The highest BCUT2D eigenvalue weighted by Gasteiger charge is 2.59. The molecule has 0 aromatic carbocycles. The van der Waals surface area contributed by atoms with E-state index in [0.29, 0.717) is 0 Å². The van der Waals surface area contributed by atoms with Crippen molar-refractivity contribution < 1.29 is 138 Å². The second-order valence-electron chi connectivity index (χ2n) is 18.0. The average Bonchev–Trinajstić information content (AvgIpc) is 3.29. The van der Waals surface area contributed by atoms with Gasteiger partial charge < -0.3 is 134 Å². The van der Waals surface area contributed by atoms with E-state index >= 15 is 0 Å². The molecule has 29 heteroatoms.